The van der Waals surface area contributed by atoms with Crippen LogP contribution >= 0.6 is 11.9 Å². The first kappa shape index (κ1) is 17.7. The lowest BCUT2D eigenvalue weighted by Gasteiger charge is -2.20. The van der Waals surface area contributed by atoms with Crippen molar-refractivity contribution in [1.82, 2.24) is 4.98 Å². The molecule has 0 atom stereocenters. The lowest BCUT2D eigenvalue weighted by atomic mass is 10.0. The molecule has 4 heteroatoms. The molecule has 0 bridgehead atoms. The van der Waals surface area contributed by atoms with E-state index in [0.717, 1.165) is 23.5 Å². The number of fused-ring (bicyclic) bond motifs is 1. The van der Waals surface area contributed by atoms with E-state index in [1.165, 1.54) is 10.5 Å². The maximum Gasteiger partial charge on any atom is 0.211 e. The van der Waals surface area contributed by atoms with Crippen molar-refractivity contribution in [3.8, 4) is 11.3 Å². The molecule has 1 aliphatic rings. The van der Waals surface area contributed by atoms with Crippen LogP contribution in [0.25, 0.3) is 11.3 Å². The minimum absolute atomic E-state index is 0.0632. The normalized spacial score (nSPS) is 12.6. The van der Waals surface area contributed by atoms with Crippen molar-refractivity contribution >= 4 is 23.4 Å². The molecular weight excluding hydrogens is 376 g/mol. The smallest absolute Gasteiger partial charge is 0.211 e. The van der Waals surface area contributed by atoms with Crippen LogP contribution in [0.1, 0.15) is 21.6 Å². The number of hydrogen-bond donors (Lipinski definition) is 0. The van der Waals surface area contributed by atoms with Crippen LogP contribution in [0.5, 0.6) is 0 Å². The Bertz CT molecular complexity index is 1150. The van der Waals surface area contributed by atoms with Crippen molar-refractivity contribution in [1.29, 1.82) is 0 Å². The highest BCUT2D eigenvalue weighted by Crippen LogP contribution is 2.42. The van der Waals surface area contributed by atoms with Gasteiger partial charge in [0.15, 0.2) is 0 Å². The first-order valence-electron chi connectivity index (χ1n) is 9.49. The van der Waals surface area contributed by atoms with Crippen LogP contribution in [-0.4, -0.2) is 10.8 Å². The zero-order valence-electron chi connectivity index (χ0n) is 15.7. The summed E-state index contributed by atoms with van der Waals surface area (Å²) in [4.78, 5) is 19.0. The number of carbonyl (C=O) groups excluding carboxylic acids is 1. The van der Waals surface area contributed by atoms with E-state index < -0.39 is 0 Å². The van der Waals surface area contributed by atoms with Crippen LogP contribution in [-0.2, 0) is 6.54 Å². The molecule has 29 heavy (non-hydrogen) atoms. The van der Waals surface area contributed by atoms with Gasteiger partial charge in [-0.05, 0) is 35.7 Å². The molecule has 0 aliphatic carbocycles. The third-order valence-corrected chi connectivity index (χ3v) is 6.09. The van der Waals surface area contributed by atoms with Gasteiger partial charge in [-0.2, -0.15) is 0 Å². The highest BCUT2D eigenvalue weighted by Gasteiger charge is 2.24. The Balaban J connectivity index is 1.58. The molecule has 5 rings (SSSR count). The third-order valence-electron chi connectivity index (χ3n) is 4.95. The number of aromatic nitrogens is 1. The zero-order chi connectivity index (χ0) is 19.6. The Kier molecular flexibility index (Phi) is 4.62. The van der Waals surface area contributed by atoms with Gasteiger partial charge >= 0.3 is 0 Å². The SMILES string of the molecule is O=C(c1ccccc1)c1ccc(N2Cc3ccccc3S2)c(-c2ccccc2)n1. The predicted octanol–water partition coefficient (Wildman–Crippen LogP) is 6.01. The summed E-state index contributed by atoms with van der Waals surface area (Å²) in [6.07, 6.45) is 0. The molecule has 3 nitrogen and oxygen atoms in total. The number of pyridine rings is 1. The van der Waals surface area contributed by atoms with E-state index in [4.69, 9.17) is 4.98 Å². The summed E-state index contributed by atoms with van der Waals surface area (Å²) in [5.74, 6) is -0.0632. The number of carbonyl (C=O) groups is 1. The number of nitrogens with zero attached hydrogens (tertiary/aromatic N) is 2. The number of benzene rings is 3. The molecule has 3 aromatic carbocycles. The standard InChI is InChI=1S/C25H18N2OS/c28-25(19-11-5-2-6-12-19)21-15-16-22(24(26-21)18-9-3-1-4-10-18)27-17-20-13-7-8-14-23(20)29-27/h1-16H,17H2. The van der Waals surface area contributed by atoms with E-state index in [2.05, 4.69) is 28.6 Å². The summed E-state index contributed by atoms with van der Waals surface area (Å²) in [5, 5.41) is 0. The molecule has 0 saturated carbocycles. The molecule has 0 spiro atoms. The van der Waals surface area contributed by atoms with E-state index in [1.807, 2.05) is 72.8 Å². The topological polar surface area (TPSA) is 33.2 Å². The Hall–Kier alpha value is -3.37. The molecule has 0 amide bonds. The molecular formula is C25H18N2OS. The van der Waals surface area contributed by atoms with Gasteiger partial charge in [0.2, 0.25) is 5.78 Å². The summed E-state index contributed by atoms with van der Waals surface area (Å²) >= 11 is 1.72. The second-order valence-corrected chi connectivity index (χ2v) is 7.92. The van der Waals surface area contributed by atoms with Gasteiger partial charge in [-0.1, -0.05) is 78.9 Å². The number of hydrogen-bond acceptors (Lipinski definition) is 4. The van der Waals surface area contributed by atoms with E-state index in [9.17, 15) is 4.79 Å². The Morgan fingerprint density at radius 1 is 0.793 bits per heavy atom. The largest absolute Gasteiger partial charge is 0.305 e. The average molecular weight is 394 g/mol. The van der Waals surface area contributed by atoms with Gasteiger partial charge < -0.3 is 4.31 Å². The molecule has 0 N–H and O–H groups in total. The van der Waals surface area contributed by atoms with Crippen molar-refractivity contribution in [2.45, 2.75) is 11.4 Å². The van der Waals surface area contributed by atoms with Gasteiger partial charge in [-0.3, -0.25) is 4.79 Å². The molecule has 0 saturated heterocycles. The number of rotatable bonds is 4. The van der Waals surface area contributed by atoms with Gasteiger partial charge in [-0.15, -0.1) is 0 Å². The molecule has 0 radical (unpaired) electrons. The summed E-state index contributed by atoms with van der Waals surface area (Å²) in [7, 11) is 0. The first-order chi connectivity index (χ1) is 14.3. The van der Waals surface area contributed by atoms with Crippen molar-refractivity contribution < 1.29 is 4.79 Å². The van der Waals surface area contributed by atoms with Crippen LogP contribution in [0.2, 0.25) is 0 Å². The first-order valence-corrected chi connectivity index (χ1v) is 10.3. The molecule has 0 unspecified atom stereocenters. The minimum Gasteiger partial charge on any atom is -0.305 e. The number of anilines is 1. The van der Waals surface area contributed by atoms with Crippen molar-refractivity contribution in [2.75, 3.05) is 4.31 Å². The Morgan fingerprint density at radius 3 is 2.24 bits per heavy atom. The fraction of sp³-hybridized carbons (Fsp3) is 0.0400. The zero-order valence-corrected chi connectivity index (χ0v) is 16.5. The van der Waals surface area contributed by atoms with E-state index in [1.54, 1.807) is 11.9 Å². The van der Waals surface area contributed by atoms with E-state index in [-0.39, 0.29) is 5.78 Å². The van der Waals surface area contributed by atoms with Gasteiger partial charge in [0.05, 0.1) is 17.9 Å². The van der Waals surface area contributed by atoms with Gasteiger partial charge in [0, 0.05) is 16.0 Å². The molecule has 4 aromatic rings. The van der Waals surface area contributed by atoms with Crippen LogP contribution in [0.4, 0.5) is 5.69 Å². The van der Waals surface area contributed by atoms with Crippen LogP contribution < -0.4 is 4.31 Å². The van der Waals surface area contributed by atoms with Crippen molar-refractivity contribution in [3.05, 3.63) is 114 Å². The fourth-order valence-electron chi connectivity index (χ4n) is 3.49. The second-order valence-electron chi connectivity index (χ2n) is 6.86. The van der Waals surface area contributed by atoms with Crippen molar-refractivity contribution in [3.63, 3.8) is 0 Å². The number of ketones is 1. The lowest BCUT2D eigenvalue weighted by Crippen LogP contribution is -2.12. The molecule has 140 valence electrons. The van der Waals surface area contributed by atoms with Crippen LogP contribution in [0, 0.1) is 0 Å². The highest BCUT2D eigenvalue weighted by molar-refractivity contribution is 8.01. The molecule has 1 aliphatic heterocycles. The van der Waals surface area contributed by atoms with Crippen molar-refractivity contribution in [2.24, 2.45) is 0 Å². The van der Waals surface area contributed by atoms with Gasteiger partial charge in [0.25, 0.3) is 0 Å². The maximum absolute atomic E-state index is 13.0. The highest BCUT2D eigenvalue weighted by atomic mass is 32.2. The summed E-state index contributed by atoms with van der Waals surface area (Å²) in [6, 6.07) is 31.7. The van der Waals surface area contributed by atoms with E-state index >= 15 is 0 Å². The summed E-state index contributed by atoms with van der Waals surface area (Å²) in [5.41, 5.74) is 5.26. The second kappa shape index (κ2) is 7.57. The Labute approximate surface area is 174 Å². The van der Waals surface area contributed by atoms with E-state index in [0.29, 0.717) is 11.3 Å². The van der Waals surface area contributed by atoms with Gasteiger partial charge in [0.1, 0.15) is 5.69 Å². The quantitative estimate of drug-likeness (QED) is 0.314. The molecule has 1 aromatic heterocycles. The summed E-state index contributed by atoms with van der Waals surface area (Å²) < 4.78 is 2.25. The molecule has 2 heterocycles. The third kappa shape index (κ3) is 3.43. The Morgan fingerprint density at radius 2 is 1.48 bits per heavy atom. The van der Waals surface area contributed by atoms with Gasteiger partial charge in [-0.25, -0.2) is 4.98 Å². The monoisotopic (exact) mass is 394 g/mol. The average Bonchev–Trinajstić information content (AvgIpc) is 3.23. The van der Waals surface area contributed by atoms with Crippen LogP contribution in [0.15, 0.2) is 102 Å². The summed E-state index contributed by atoms with van der Waals surface area (Å²) in [6.45, 7) is 0.814. The maximum atomic E-state index is 13.0. The lowest BCUT2D eigenvalue weighted by molar-refractivity contribution is 0.103. The minimum atomic E-state index is -0.0632. The van der Waals surface area contributed by atoms with Crippen LogP contribution in [0.3, 0.4) is 0 Å². The molecule has 0 fully saturated rings. The fourth-order valence-corrected chi connectivity index (χ4v) is 4.56. The predicted molar refractivity (Wildman–Crippen MR) is 118 cm³/mol.